The topological polar surface area (TPSA) is 83.6 Å². The second-order valence-electron chi connectivity index (χ2n) is 5.09. The maximum Gasteiger partial charge on any atom is 0.266 e. The highest BCUT2D eigenvalue weighted by Crippen LogP contribution is 2.27. The summed E-state index contributed by atoms with van der Waals surface area (Å²) >= 11 is 0. The summed E-state index contributed by atoms with van der Waals surface area (Å²) in [6.07, 6.45) is 0.854. The molecule has 0 atom stereocenters. The van der Waals surface area contributed by atoms with Gasteiger partial charge in [-0.2, -0.15) is 0 Å². The van der Waals surface area contributed by atoms with Gasteiger partial charge in [0.2, 0.25) is 10.0 Å². The molecule has 25 heavy (non-hydrogen) atoms. The van der Waals surface area contributed by atoms with Crippen LogP contribution in [-0.2, 0) is 20.0 Å². The molecule has 136 valence electrons. The minimum absolute atomic E-state index is 0.158. The van der Waals surface area contributed by atoms with Crippen LogP contribution in [0.15, 0.2) is 41.3 Å². The van der Waals surface area contributed by atoms with Gasteiger partial charge in [-0.05, 0) is 30.3 Å². The average Bonchev–Trinajstić information content (AvgIpc) is 2.47. The number of sulfonamides is 2. The Labute approximate surface area is 143 Å². The second kappa shape index (κ2) is 6.56. The van der Waals surface area contributed by atoms with Crippen LogP contribution >= 0.6 is 0 Å². The summed E-state index contributed by atoms with van der Waals surface area (Å²) in [5.74, 6) is -3.62. The first-order valence-electron chi connectivity index (χ1n) is 6.63. The third kappa shape index (κ3) is 4.23. The molecule has 0 spiro atoms. The van der Waals surface area contributed by atoms with Crippen molar-refractivity contribution < 1.29 is 30.0 Å². The first kappa shape index (κ1) is 19.1. The molecular formula is C14H13F3N2O4S2. The van der Waals surface area contributed by atoms with E-state index in [1.54, 1.807) is 0 Å². The number of nitrogens with zero attached hydrogens (tertiary/aromatic N) is 1. The van der Waals surface area contributed by atoms with E-state index >= 15 is 0 Å². The molecule has 1 N–H and O–H groups in total. The summed E-state index contributed by atoms with van der Waals surface area (Å²) in [7, 11) is -7.04. The number of nitrogens with one attached hydrogen (secondary N) is 1. The molecule has 0 radical (unpaired) electrons. The van der Waals surface area contributed by atoms with Crippen molar-refractivity contribution in [3.8, 4) is 0 Å². The van der Waals surface area contributed by atoms with Crippen molar-refractivity contribution in [3.63, 3.8) is 0 Å². The Morgan fingerprint density at radius 2 is 1.52 bits per heavy atom. The number of rotatable bonds is 5. The molecule has 0 amide bonds. The zero-order valence-electron chi connectivity index (χ0n) is 13.0. The maximum atomic E-state index is 14.2. The highest BCUT2D eigenvalue weighted by Gasteiger charge is 2.26. The van der Waals surface area contributed by atoms with Crippen molar-refractivity contribution in [2.75, 3.05) is 22.3 Å². The zero-order valence-corrected chi connectivity index (χ0v) is 14.6. The monoisotopic (exact) mass is 394 g/mol. The molecule has 11 heteroatoms. The lowest BCUT2D eigenvalue weighted by Crippen LogP contribution is -2.27. The van der Waals surface area contributed by atoms with Gasteiger partial charge in [0.25, 0.3) is 10.0 Å². The van der Waals surface area contributed by atoms with E-state index in [0.29, 0.717) is 16.4 Å². The molecule has 2 rings (SSSR count). The number of hydrogen-bond donors (Lipinski definition) is 1. The van der Waals surface area contributed by atoms with E-state index in [1.165, 1.54) is 0 Å². The van der Waals surface area contributed by atoms with Crippen molar-refractivity contribution in [3.05, 3.63) is 53.8 Å². The molecule has 0 fully saturated rings. The lowest BCUT2D eigenvalue weighted by Gasteiger charge is -2.20. The van der Waals surface area contributed by atoms with Gasteiger partial charge < -0.3 is 0 Å². The predicted octanol–water partition coefficient (Wildman–Crippen LogP) is 2.30. The molecule has 0 heterocycles. The van der Waals surface area contributed by atoms with Crippen LogP contribution in [0.3, 0.4) is 0 Å². The standard InChI is InChI=1S/C14H13F3N2O4S2/c1-19(10-4-5-11(15)12(16)8-10)25(22,23)14-6-3-9(7-13(14)17)18-24(2,20)21/h3-8,18H,1-2H3. The molecule has 0 aromatic heterocycles. The average molecular weight is 394 g/mol. The zero-order chi connectivity index (χ0) is 19.0. The maximum absolute atomic E-state index is 14.2. The van der Waals surface area contributed by atoms with Crippen molar-refractivity contribution in [1.29, 1.82) is 0 Å². The van der Waals surface area contributed by atoms with Crippen LogP contribution in [0.4, 0.5) is 24.5 Å². The molecule has 0 aliphatic rings. The Morgan fingerprint density at radius 1 is 0.880 bits per heavy atom. The summed E-state index contributed by atoms with van der Waals surface area (Å²) in [5.41, 5.74) is -0.369. The van der Waals surface area contributed by atoms with Crippen molar-refractivity contribution >= 4 is 31.4 Å². The van der Waals surface area contributed by atoms with Crippen LogP contribution < -0.4 is 9.03 Å². The Morgan fingerprint density at radius 3 is 2.04 bits per heavy atom. The molecular weight excluding hydrogens is 381 g/mol. The third-order valence-electron chi connectivity index (χ3n) is 3.14. The third-order valence-corrected chi connectivity index (χ3v) is 5.57. The van der Waals surface area contributed by atoms with E-state index in [0.717, 1.165) is 37.6 Å². The molecule has 0 saturated carbocycles. The summed E-state index contributed by atoms with van der Waals surface area (Å²) < 4.78 is 90.2. The van der Waals surface area contributed by atoms with Crippen LogP contribution in [0.5, 0.6) is 0 Å². The van der Waals surface area contributed by atoms with Gasteiger partial charge >= 0.3 is 0 Å². The lowest BCUT2D eigenvalue weighted by molar-refractivity contribution is 0.508. The minimum atomic E-state index is -4.42. The molecule has 0 unspecified atom stereocenters. The van der Waals surface area contributed by atoms with E-state index < -0.39 is 42.4 Å². The van der Waals surface area contributed by atoms with E-state index in [9.17, 15) is 30.0 Å². The first-order valence-corrected chi connectivity index (χ1v) is 9.96. The molecule has 0 aliphatic carbocycles. The quantitative estimate of drug-likeness (QED) is 0.844. The van der Waals surface area contributed by atoms with E-state index in [2.05, 4.69) is 0 Å². The Balaban J connectivity index is 2.43. The van der Waals surface area contributed by atoms with Gasteiger partial charge in [-0.15, -0.1) is 0 Å². The van der Waals surface area contributed by atoms with Crippen LogP contribution in [0.2, 0.25) is 0 Å². The van der Waals surface area contributed by atoms with E-state index in [1.807, 2.05) is 4.72 Å². The smallest absolute Gasteiger partial charge is 0.266 e. The molecule has 0 bridgehead atoms. The Hall–Kier alpha value is -2.27. The predicted molar refractivity (Wildman–Crippen MR) is 86.8 cm³/mol. The summed E-state index contributed by atoms with van der Waals surface area (Å²) in [4.78, 5) is -0.751. The van der Waals surface area contributed by atoms with Crippen LogP contribution in [0.25, 0.3) is 0 Å². The highest BCUT2D eigenvalue weighted by atomic mass is 32.2. The summed E-state index contributed by atoms with van der Waals surface area (Å²) in [6.45, 7) is 0. The van der Waals surface area contributed by atoms with Gasteiger partial charge in [-0.3, -0.25) is 9.03 Å². The van der Waals surface area contributed by atoms with Gasteiger partial charge in [0.1, 0.15) is 10.7 Å². The fourth-order valence-corrected chi connectivity index (χ4v) is 3.74. The molecule has 0 aliphatic heterocycles. The van der Waals surface area contributed by atoms with Crippen molar-refractivity contribution in [2.24, 2.45) is 0 Å². The second-order valence-corrected chi connectivity index (χ2v) is 8.78. The van der Waals surface area contributed by atoms with Crippen LogP contribution in [-0.4, -0.2) is 30.1 Å². The van der Waals surface area contributed by atoms with Crippen molar-refractivity contribution in [1.82, 2.24) is 0 Å². The van der Waals surface area contributed by atoms with Gasteiger partial charge in [0.05, 0.1) is 17.6 Å². The molecule has 6 nitrogen and oxygen atoms in total. The number of hydrogen-bond acceptors (Lipinski definition) is 4. The largest absolute Gasteiger partial charge is 0.284 e. The molecule has 0 saturated heterocycles. The van der Waals surface area contributed by atoms with Gasteiger partial charge in [-0.1, -0.05) is 0 Å². The van der Waals surface area contributed by atoms with Gasteiger partial charge in [-0.25, -0.2) is 30.0 Å². The van der Waals surface area contributed by atoms with Crippen molar-refractivity contribution in [2.45, 2.75) is 4.90 Å². The fraction of sp³-hybridized carbons (Fsp3) is 0.143. The van der Waals surface area contributed by atoms with Crippen LogP contribution in [0.1, 0.15) is 0 Å². The van der Waals surface area contributed by atoms with Gasteiger partial charge in [0, 0.05) is 13.1 Å². The molecule has 2 aromatic rings. The van der Waals surface area contributed by atoms with Crippen LogP contribution in [0, 0.1) is 17.5 Å². The lowest BCUT2D eigenvalue weighted by atomic mass is 10.3. The first-order chi connectivity index (χ1) is 11.4. The summed E-state index contributed by atoms with van der Waals surface area (Å²) in [6, 6.07) is 5.06. The number of anilines is 2. The normalized spacial score (nSPS) is 12.0. The molecule has 2 aromatic carbocycles. The fourth-order valence-electron chi connectivity index (χ4n) is 1.95. The van der Waals surface area contributed by atoms with E-state index in [4.69, 9.17) is 0 Å². The Bertz CT molecular complexity index is 1020. The van der Waals surface area contributed by atoms with Gasteiger partial charge in [0.15, 0.2) is 11.6 Å². The highest BCUT2D eigenvalue weighted by molar-refractivity contribution is 7.93. The number of halogens is 3. The SMILES string of the molecule is CN(c1ccc(F)c(F)c1)S(=O)(=O)c1ccc(NS(C)(=O)=O)cc1F. The summed E-state index contributed by atoms with van der Waals surface area (Å²) in [5, 5.41) is 0. The Kier molecular flexibility index (Phi) is 5.00. The van der Waals surface area contributed by atoms with E-state index in [-0.39, 0.29) is 11.4 Å². The number of benzene rings is 2. The minimum Gasteiger partial charge on any atom is -0.284 e.